The van der Waals surface area contributed by atoms with Crippen LogP contribution in [0, 0.1) is 6.92 Å². The molecule has 1 fully saturated rings. The molecule has 1 heterocycles. The van der Waals surface area contributed by atoms with Crippen LogP contribution in [0.4, 0.5) is 0 Å². The van der Waals surface area contributed by atoms with Gasteiger partial charge in [0, 0.05) is 38.8 Å². The van der Waals surface area contributed by atoms with Gasteiger partial charge in [0.05, 0.1) is 6.54 Å². The SMILES string of the molecule is CNC(=O)CN1CCN(C(=O)c2cccc(C)c2)CC1. The fraction of sp³-hybridized carbons (Fsp3) is 0.467. The topological polar surface area (TPSA) is 52.7 Å². The zero-order chi connectivity index (χ0) is 14.5. The minimum Gasteiger partial charge on any atom is -0.358 e. The highest BCUT2D eigenvalue weighted by molar-refractivity contribution is 5.94. The molecule has 0 aromatic heterocycles. The van der Waals surface area contributed by atoms with E-state index in [4.69, 9.17) is 0 Å². The van der Waals surface area contributed by atoms with E-state index in [-0.39, 0.29) is 11.8 Å². The van der Waals surface area contributed by atoms with Crippen LogP contribution < -0.4 is 5.32 Å². The second-order valence-electron chi connectivity index (χ2n) is 5.11. The molecule has 0 aliphatic carbocycles. The van der Waals surface area contributed by atoms with Crippen molar-refractivity contribution in [1.29, 1.82) is 0 Å². The van der Waals surface area contributed by atoms with Crippen LogP contribution in [0.3, 0.4) is 0 Å². The summed E-state index contributed by atoms with van der Waals surface area (Å²) in [6, 6.07) is 7.66. The number of carbonyl (C=O) groups excluding carboxylic acids is 2. The molecular formula is C15H21N3O2. The number of hydrogen-bond acceptors (Lipinski definition) is 3. The van der Waals surface area contributed by atoms with E-state index in [0.717, 1.165) is 24.2 Å². The predicted molar refractivity (Wildman–Crippen MR) is 77.6 cm³/mol. The van der Waals surface area contributed by atoms with Crippen molar-refractivity contribution in [3.63, 3.8) is 0 Å². The maximum Gasteiger partial charge on any atom is 0.253 e. The lowest BCUT2D eigenvalue weighted by Gasteiger charge is -2.34. The Bertz CT molecular complexity index is 494. The second-order valence-corrected chi connectivity index (χ2v) is 5.11. The first-order valence-electron chi connectivity index (χ1n) is 6.89. The third kappa shape index (κ3) is 3.57. The highest BCUT2D eigenvalue weighted by atomic mass is 16.2. The molecule has 0 unspecified atom stereocenters. The summed E-state index contributed by atoms with van der Waals surface area (Å²) in [5, 5.41) is 2.62. The summed E-state index contributed by atoms with van der Waals surface area (Å²) in [4.78, 5) is 27.6. The lowest BCUT2D eigenvalue weighted by Crippen LogP contribution is -2.50. The molecule has 0 spiro atoms. The van der Waals surface area contributed by atoms with Crippen LogP contribution in [-0.2, 0) is 4.79 Å². The number of amides is 2. The summed E-state index contributed by atoms with van der Waals surface area (Å²) >= 11 is 0. The zero-order valence-corrected chi connectivity index (χ0v) is 12.1. The summed E-state index contributed by atoms with van der Waals surface area (Å²) in [7, 11) is 1.64. The Morgan fingerprint density at radius 1 is 1.20 bits per heavy atom. The molecule has 1 aliphatic rings. The number of nitrogens with one attached hydrogen (secondary N) is 1. The lowest BCUT2D eigenvalue weighted by atomic mass is 10.1. The number of hydrogen-bond donors (Lipinski definition) is 1. The third-order valence-electron chi connectivity index (χ3n) is 3.57. The van der Waals surface area contributed by atoms with Crippen LogP contribution >= 0.6 is 0 Å². The van der Waals surface area contributed by atoms with E-state index >= 15 is 0 Å². The number of likely N-dealkylation sites (N-methyl/N-ethyl adjacent to an activating group) is 1. The predicted octanol–water partition coefficient (Wildman–Crippen LogP) is 0.499. The fourth-order valence-corrected chi connectivity index (χ4v) is 2.35. The van der Waals surface area contributed by atoms with E-state index in [9.17, 15) is 9.59 Å². The largest absolute Gasteiger partial charge is 0.358 e. The van der Waals surface area contributed by atoms with Crippen molar-refractivity contribution < 1.29 is 9.59 Å². The number of aryl methyl sites for hydroxylation is 1. The van der Waals surface area contributed by atoms with Crippen molar-refractivity contribution >= 4 is 11.8 Å². The molecule has 2 rings (SSSR count). The van der Waals surface area contributed by atoms with Gasteiger partial charge in [0.15, 0.2) is 0 Å². The average Bonchev–Trinajstić information content (AvgIpc) is 2.47. The molecule has 108 valence electrons. The number of carbonyl (C=O) groups is 2. The summed E-state index contributed by atoms with van der Waals surface area (Å²) in [5.41, 5.74) is 1.83. The van der Waals surface area contributed by atoms with Crippen LogP contribution in [0.5, 0.6) is 0 Å². The molecule has 20 heavy (non-hydrogen) atoms. The molecule has 5 nitrogen and oxygen atoms in total. The first-order valence-corrected chi connectivity index (χ1v) is 6.89. The summed E-state index contributed by atoms with van der Waals surface area (Å²) in [5.74, 6) is 0.0942. The minimum atomic E-state index is 0.0171. The Balaban J connectivity index is 1.90. The molecular weight excluding hydrogens is 254 g/mol. The number of benzene rings is 1. The molecule has 1 saturated heterocycles. The van der Waals surface area contributed by atoms with Gasteiger partial charge in [-0.15, -0.1) is 0 Å². The van der Waals surface area contributed by atoms with E-state index in [0.29, 0.717) is 19.6 Å². The van der Waals surface area contributed by atoms with Crippen LogP contribution in [0.15, 0.2) is 24.3 Å². The molecule has 0 bridgehead atoms. The molecule has 2 amide bonds. The fourth-order valence-electron chi connectivity index (χ4n) is 2.35. The second kappa shape index (κ2) is 6.52. The first-order chi connectivity index (χ1) is 9.60. The molecule has 1 aliphatic heterocycles. The van der Waals surface area contributed by atoms with Gasteiger partial charge in [-0.1, -0.05) is 17.7 Å². The van der Waals surface area contributed by atoms with Gasteiger partial charge in [-0.25, -0.2) is 0 Å². The quantitative estimate of drug-likeness (QED) is 0.874. The number of nitrogens with zero attached hydrogens (tertiary/aromatic N) is 2. The van der Waals surface area contributed by atoms with Crippen molar-refractivity contribution in [1.82, 2.24) is 15.1 Å². The highest BCUT2D eigenvalue weighted by Gasteiger charge is 2.22. The maximum absolute atomic E-state index is 12.4. The Kier molecular flexibility index (Phi) is 4.74. The first kappa shape index (κ1) is 14.5. The van der Waals surface area contributed by atoms with Gasteiger partial charge >= 0.3 is 0 Å². The van der Waals surface area contributed by atoms with Crippen LogP contribution in [0.2, 0.25) is 0 Å². The molecule has 1 N–H and O–H groups in total. The van der Waals surface area contributed by atoms with E-state index in [1.807, 2.05) is 36.1 Å². The van der Waals surface area contributed by atoms with Crippen molar-refractivity contribution in [2.75, 3.05) is 39.8 Å². The van der Waals surface area contributed by atoms with Gasteiger partial charge in [-0.2, -0.15) is 0 Å². The summed E-state index contributed by atoms with van der Waals surface area (Å²) in [6.07, 6.45) is 0. The van der Waals surface area contributed by atoms with Gasteiger partial charge in [0.1, 0.15) is 0 Å². The summed E-state index contributed by atoms with van der Waals surface area (Å²) in [6.45, 7) is 5.21. The normalized spacial score (nSPS) is 16.0. The van der Waals surface area contributed by atoms with E-state index < -0.39 is 0 Å². The van der Waals surface area contributed by atoms with Crippen LogP contribution in [0.25, 0.3) is 0 Å². The molecule has 0 atom stereocenters. The van der Waals surface area contributed by atoms with E-state index in [2.05, 4.69) is 10.2 Å². The Morgan fingerprint density at radius 2 is 1.90 bits per heavy atom. The number of piperazine rings is 1. The van der Waals surface area contributed by atoms with Crippen LogP contribution in [0.1, 0.15) is 15.9 Å². The van der Waals surface area contributed by atoms with Crippen molar-refractivity contribution in [2.45, 2.75) is 6.92 Å². The Morgan fingerprint density at radius 3 is 2.50 bits per heavy atom. The van der Waals surface area contributed by atoms with E-state index in [1.165, 1.54) is 0 Å². The zero-order valence-electron chi connectivity index (χ0n) is 12.1. The number of rotatable bonds is 3. The molecule has 0 radical (unpaired) electrons. The molecule has 1 aromatic rings. The van der Waals surface area contributed by atoms with Gasteiger partial charge in [0.2, 0.25) is 5.91 Å². The standard InChI is InChI=1S/C15H21N3O2/c1-12-4-3-5-13(10-12)15(20)18-8-6-17(7-9-18)11-14(19)16-2/h3-5,10H,6-9,11H2,1-2H3,(H,16,19). The van der Waals surface area contributed by atoms with Crippen molar-refractivity contribution in [2.24, 2.45) is 0 Å². The van der Waals surface area contributed by atoms with E-state index in [1.54, 1.807) is 7.05 Å². The van der Waals surface area contributed by atoms with Crippen molar-refractivity contribution in [3.05, 3.63) is 35.4 Å². The van der Waals surface area contributed by atoms with Crippen molar-refractivity contribution in [3.8, 4) is 0 Å². The Labute approximate surface area is 119 Å². The highest BCUT2D eigenvalue weighted by Crippen LogP contribution is 2.10. The van der Waals surface area contributed by atoms with Crippen LogP contribution in [-0.4, -0.2) is 61.4 Å². The molecule has 1 aromatic carbocycles. The smallest absolute Gasteiger partial charge is 0.253 e. The van der Waals surface area contributed by atoms with Gasteiger partial charge in [-0.05, 0) is 19.1 Å². The monoisotopic (exact) mass is 275 g/mol. The van der Waals surface area contributed by atoms with Gasteiger partial charge in [0.25, 0.3) is 5.91 Å². The summed E-state index contributed by atoms with van der Waals surface area (Å²) < 4.78 is 0. The average molecular weight is 275 g/mol. The van der Waals surface area contributed by atoms with Gasteiger partial charge in [-0.3, -0.25) is 14.5 Å². The lowest BCUT2D eigenvalue weighted by molar-refractivity contribution is -0.122. The maximum atomic E-state index is 12.4. The minimum absolute atomic E-state index is 0.0171. The van der Waals surface area contributed by atoms with Gasteiger partial charge < -0.3 is 10.2 Å². The molecule has 0 saturated carbocycles. The Hall–Kier alpha value is -1.88. The molecule has 5 heteroatoms. The third-order valence-corrected chi connectivity index (χ3v) is 3.57.